The predicted octanol–water partition coefficient (Wildman–Crippen LogP) is 3.68. The number of fused-ring (bicyclic) bond motifs is 1. The molecule has 1 aliphatic carbocycles. The van der Waals surface area contributed by atoms with Crippen molar-refractivity contribution in [1.82, 2.24) is 20.3 Å². The SMILES string of the molecule is COc1cccc2[nH]c(C(=O)NS[C@@H](CC(C)C)C(=O)NC(CO)CC3CC4(CCCCC4)NC3=O)cc12. The van der Waals surface area contributed by atoms with Crippen LogP contribution in [0.25, 0.3) is 10.9 Å². The fraction of sp³-hybridized carbons (Fsp3) is 0.607. The molecule has 2 aliphatic rings. The number of aromatic amines is 1. The molecule has 1 saturated carbocycles. The number of methoxy groups -OCH3 is 1. The van der Waals surface area contributed by atoms with Crippen LogP contribution in [0, 0.1) is 11.8 Å². The molecule has 1 aliphatic heterocycles. The van der Waals surface area contributed by atoms with Crippen LogP contribution in [0.4, 0.5) is 0 Å². The van der Waals surface area contributed by atoms with Crippen LogP contribution in [-0.2, 0) is 9.59 Å². The van der Waals surface area contributed by atoms with Gasteiger partial charge in [0.05, 0.1) is 19.8 Å². The number of aromatic nitrogens is 1. The molecule has 2 unspecified atom stereocenters. The second kappa shape index (κ2) is 12.4. The third kappa shape index (κ3) is 6.64. The van der Waals surface area contributed by atoms with E-state index in [0.717, 1.165) is 55.0 Å². The van der Waals surface area contributed by atoms with Crippen LogP contribution in [0.5, 0.6) is 5.75 Å². The molecular formula is C28H40N4O5S. The Balaban J connectivity index is 1.36. The molecule has 1 aromatic heterocycles. The monoisotopic (exact) mass is 544 g/mol. The van der Waals surface area contributed by atoms with Gasteiger partial charge in [0.1, 0.15) is 16.7 Å². The number of hydrogen-bond donors (Lipinski definition) is 5. The van der Waals surface area contributed by atoms with Crippen LogP contribution >= 0.6 is 11.9 Å². The van der Waals surface area contributed by atoms with E-state index in [1.54, 1.807) is 13.2 Å². The Kier molecular flexibility index (Phi) is 9.25. The van der Waals surface area contributed by atoms with Crippen molar-refractivity contribution in [1.29, 1.82) is 0 Å². The highest BCUT2D eigenvalue weighted by atomic mass is 32.2. The summed E-state index contributed by atoms with van der Waals surface area (Å²) in [7, 11) is 1.58. The predicted molar refractivity (Wildman–Crippen MR) is 149 cm³/mol. The van der Waals surface area contributed by atoms with Gasteiger partial charge in [0.25, 0.3) is 5.91 Å². The summed E-state index contributed by atoms with van der Waals surface area (Å²) in [5.74, 6) is 0.0891. The average molecular weight is 545 g/mol. The lowest BCUT2D eigenvalue weighted by Gasteiger charge is -2.33. The van der Waals surface area contributed by atoms with Crippen molar-refractivity contribution in [2.75, 3.05) is 13.7 Å². The Bertz CT molecular complexity index is 1140. The zero-order valence-electron chi connectivity index (χ0n) is 22.5. The molecular weight excluding hydrogens is 504 g/mol. The van der Waals surface area contributed by atoms with Crippen molar-refractivity contribution < 1.29 is 24.2 Å². The van der Waals surface area contributed by atoms with Crippen LogP contribution in [0.1, 0.15) is 75.7 Å². The Morgan fingerprint density at radius 3 is 2.68 bits per heavy atom. The normalized spacial score (nSPS) is 20.3. The van der Waals surface area contributed by atoms with Gasteiger partial charge < -0.3 is 25.5 Å². The van der Waals surface area contributed by atoms with Crippen LogP contribution in [0.15, 0.2) is 24.3 Å². The van der Waals surface area contributed by atoms with E-state index in [2.05, 4.69) is 20.3 Å². The smallest absolute Gasteiger partial charge is 0.277 e. The molecule has 10 heteroatoms. The van der Waals surface area contributed by atoms with E-state index in [9.17, 15) is 19.5 Å². The molecule has 3 atom stereocenters. The maximum atomic E-state index is 13.3. The van der Waals surface area contributed by atoms with Crippen molar-refractivity contribution >= 4 is 40.6 Å². The minimum absolute atomic E-state index is 0.0231. The number of amides is 3. The Morgan fingerprint density at radius 2 is 2.00 bits per heavy atom. The van der Waals surface area contributed by atoms with E-state index >= 15 is 0 Å². The zero-order valence-corrected chi connectivity index (χ0v) is 23.3. The molecule has 0 bridgehead atoms. The Labute approximate surface area is 228 Å². The number of carbonyl (C=O) groups excluding carboxylic acids is 3. The van der Waals surface area contributed by atoms with Gasteiger partial charge in [0.2, 0.25) is 11.8 Å². The summed E-state index contributed by atoms with van der Waals surface area (Å²) in [4.78, 5) is 42.0. The van der Waals surface area contributed by atoms with Gasteiger partial charge in [-0.2, -0.15) is 0 Å². The number of carbonyl (C=O) groups is 3. The Morgan fingerprint density at radius 1 is 1.24 bits per heavy atom. The first-order valence-corrected chi connectivity index (χ1v) is 14.5. The van der Waals surface area contributed by atoms with Crippen LogP contribution in [0.3, 0.4) is 0 Å². The van der Waals surface area contributed by atoms with Gasteiger partial charge in [-0.1, -0.05) is 39.2 Å². The number of ether oxygens (including phenoxy) is 1. The molecule has 2 heterocycles. The summed E-state index contributed by atoms with van der Waals surface area (Å²) in [5, 5.41) is 16.5. The summed E-state index contributed by atoms with van der Waals surface area (Å²) in [5.41, 5.74) is 1.04. The lowest BCUT2D eigenvalue weighted by Crippen LogP contribution is -2.45. The molecule has 2 fully saturated rings. The van der Waals surface area contributed by atoms with E-state index in [1.807, 2.05) is 32.0 Å². The quantitative estimate of drug-likeness (QED) is 0.274. The van der Waals surface area contributed by atoms with E-state index in [-0.39, 0.29) is 41.7 Å². The molecule has 1 aromatic carbocycles. The molecule has 2 aromatic rings. The zero-order chi connectivity index (χ0) is 27.3. The fourth-order valence-electron chi connectivity index (χ4n) is 5.79. The third-order valence-corrected chi connectivity index (χ3v) is 8.70. The summed E-state index contributed by atoms with van der Waals surface area (Å²) in [6.07, 6.45) is 7.16. The van der Waals surface area contributed by atoms with E-state index in [4.69, 9.17) is 4.74 Å². The first-order chi connectivity index (χ1) is 18.2. The molecule has 1 spiro atoms. The highest BCUT2D eigenvalue weighted by molar-refractivity contribution is 7.99. The topological polar surface area (TPSA) is 133 Å². The molecule has 5 N–H and O–H groups in total. The number of aliphatic hydroxyl groups is 1. The van der Waals surface area contributed by atoms with Crippen LogP contribution < -0.4 is 20.1 Å². The number of hydrogen-bond acceptors (Lipinski definition) is 6. The highest BCUT2D eigenvalue weighted by Crippen LogP contribution is 2.39. The largest absolute Gasteiger partial charge is 0.496 e. The molecule has 4 rings (SSSR count). The van der Waals surface area contributed by atoms with Crippen molar-refractivity contribution in [3.8, 4) is 5.75 Å². The van der Waals surface area contributed by atoms with Crippen molar-refractivity contribution in [2.45, 2.75) is 82.0 Å². The van der Waals surface area contributed by atoms with Crippen LogP contribution in [0.2, 0.25) is 0 Å². The van der Waals surface area contributed by atoms with Gasteiger partial charge in [-0.15, -0.1) is 0 Å². The third-order valence-electron chi connectivity index (χ3n) is 7.70. The second-order valence-electron chi connectivity index (χ2n) is 11.1. The molecule has 9 nitrogen and oxygen atoms in total. The van der Waals surface area contributed by atoms with Crippen molar-refractivity contribution in [2.24, 2.45) is 11.8 Å². The minimum Gasteiger partial charge on any atom is -0.496 e. The van der Waals surface area contributed by atoms with Gasteiger partial charge in [-0.3, -0.25) is 19.1 Å². The molecule has 38 heavy (non-hydrogen) atoms. The van der Waals surface area contributed by atoms with Crippen LogP contribution in [-0.4, -0.2) is 58.4 Å². The van der Waals surface area contributed by atoms with Crippen molar-refractivity contribution in [3.05, 3.63) is 30.0 Å². The number of rotatable bonds is 11. The standard InChI is InChI=1S/C28H40N4O5S/c1-17(2)12-24(38-32-26(35)22-14-20-21(30-22)8-7-9-23(20)37-3)27(36)29-19(16-33)13-18-15-28(31-25(18)34)10-5-4-6-11-28/h7-9,14,17-19,24,30,33H,4-6,10-13,15-16H2,1-3H3,(H,29,36)(H,31,34)(H,32,35)/t18?,19?,24-/m0/s1. The van der Waals surface area contributed by atoms with Gasteiger partial charge in [-0.05, 0) is 68.2 Å². The van der Waals surface area contributed by atoms with E-state index in [0.29, 0.717) is 24.3 Å². The van der Waals surface area contributed by atoms with E-state index < -0.39 is 11.3 Å². The van der Waals surface area contributed by atoms with Gasteiger partial charge >= 0.3 is 0 Å². The minimum atomic E-state index is -0.547. The lowest BCUT2D eigenvalue weighted by molar-refractivity contribution is -0.125. The molecule has 208 valence electrons. The number of aliphatic hydroxyl groups excluding tert-OH is 1. The summed E-state index contributed by atoms with van der Waals surface area (Å²) in [6, 6.07) is 6.75. The first-order valence-electron chi connectivity index (χ1n) is 13.6. The Hall–Kier alpha value is -2.72. The highest BCUT2D eigenvalue weighted by Gasteiger charge is 2.45. The average Bonchev–Trinajstić information content (AvgIpc) is 3.46. The number of benzene rings is 1. The van der Waals surface area contributed by atoms with E-state index in [1.165, 1.54) is 6.42 Å². The maximum absolute atomic E-state index is 13.3. The van der Waals surface area contributed by atoms with Gasteiger partial charge in [-0.25, -0.2) is 0 Å². The van der Waals surface area contributed by atoms with Crippen molar-refractivity contribution in [3.63, 3.8) is 0 Å². The molecule has 0 radical (unpaired) electrons. The summed E-state index contributed by atoms with van der Waals surface area (Å²) >= 11 is 1.07. The number of H-pyrrole nitrogens is 1. The maximum Gasteiger partial charge on any atom is 0.277 e. The number of nitrogens with one attached hydrogen (secondary N) is 4. The van der Waals surface area contributed by atoms with Gasteiger partial charge in [0, 0.05) is 22.4 Å². The molecule has 3 amide bonds. The summed E-state index contributed by atoms with van der Waals surface area (Å²) in [6.45, 7) is 3.79. The lowest BCUT2D eigenvalue weighted by atomic mass is 9.78. The molecule has 1 saturated heterocycles. The first kappa shape index (κ1) is 28.3. The van der Waals surface area contributed by atoms with Gasteiger partial charge in [0.15, 0.2) is 0 Å². The fourth-order valence-corrected chi connectivity index (χ4v) is 6.80. The second-order valence-corrected chi connectivity index (χ2v) is 12.1. The summed E-state index contributed by atoms with van der Waals surface area (Å²) < 4.78 is 8.19.